The Morgan fingerprint density at radius 1 is 1.05 bits per heavy atom. The van der Waals surface area contributed by atoms with Crippen molar-refractivity contribution in [1.82, 2.24) is 10.2 Å². The number of ether oxygens (including phenoxy) is 2. The molecule has 2 heterocycles. The van der Waals surface area contributed by atoms with Crippen molar-refractivity contribution < 1.29 is 23.9 Å². The van der Waals surface area contributed by atoms with Crippen molar-refractivity contribution in [2.75, 3.05) is 20.8 Å². The Balaban J connectivity index is 1.55. The number of nitrogens with zero attached hydrogens (tertiary/aromatic N) is 1. The molecule has 2 aromatic rings. The van der Waals surface area contributed by atoms with Gasteiger partial charge in [0.25, 0.3) is 0 Å². The summed E-state index contributed by atoms with van der Waals surface area (Å²) in [6.45, 7) is 2.05. The van der Waals surface area contributed by atoms with Gasteiger partial charge in [-0.1, -0.05) is 55.7 Å². The van der Waals surface area contributed by atoms with Gasteiger partial charge in [-0.2, -0.15) is 0 Å². The summed E-state index contributed by atoms with van der Waals surface area (Å²) in [6.07, 6.45) is 6.46. The van der Waals surface area contributed by atoms with E-state index in [1.54, 1.807) is 14.0 Å². The SMILES string of the molecule is CCN1C(=O)[C@H]2[C@@H](c3ccc(SC4CCCCC4)c(OC)c3)N[C@@](Cc3ccccc3)(C(=O)OC)[C@H]2C1=O. The normalized spacial score (nSPS) is 27.4. The van der Waals surface area contributed by atoms with Gasteiger partial charge in [0.2, 0.25) is 11.8 Å². The van der Waals surface area contributed by atoms with E-state index >= 15 is 0 Å². The maximum Gasteiger partial charge on any atom is 0.327 e. The van der Waals surface area contributed by atoms with Crippen LogP contribution >= 0.6 is 11.8 Å². The second kappa shape index (κ2) is 11.1. The number of hydrogen-bond donors (Lipinski definition) is 1. The van der Waals surface area contributed by atoms with Crippen LogP contribution in [0.4, 0.5) is 0 Å². The number of imide groups is 1. The van der Waals surface area contributed by atoms with Crippen molar-refractivity contribution in [3.63, 3.8) is 0 Å². The molecule has 7 nitrogen and oxygen atoms in total. The largest absolute Gasteiger partial charge is 0.496 e. The third kappa shape index (κ3) is 4.62. The number of rotatable bonds is 8. The minimum atomic E-state index is -1.37. The fraction of sp³-hybridized carbons (Fsp3) is 0.500. The topological polar surface area (TPSA) is 84.9 Å². The molecule has 0 radical (unpaired) electrons. The van der Waals surface area contributed by atoms with Crippen LogP contribution in [0.3, 0.4) is 0 Å². The number of fused-ring (bicyclic) bond motifs is 1. The van der Waals surface area contributed by atoms with Gasteiger partial charge >= 0.3 is 5.97 Å². The molecule has 4 atom stereocenters. The molecule has 0 unspecified atom stereocenters. The molecule has 1 saturated carbocycles. The van der Waals surface area contributed by atoms with E-state index in [4.69, 9.17) is 9.47 Å². The maximum atomic E-state index is 13.7. The van der Waals surface area contributed by atoms with E-state index in [1.165, 1.54) is 44.1 Å². The minimum Gasteiger partial charge on any atom is -0.496 e. The number of benzene rings is 2. The standard InChI is InChI=1S/C30H36N2O5S/c1-4-32-27(33)24-25(28(32)34)30(29(35)37-3,18-19-11-7-5-8-12-19)31-26(24)20-15-16-23(22(17-20)36-2)38-21-13-9-6-10-14-21/h5,7-8,11-12,15-17,21,24-26,31H,4,6,9-10,13-14,18H2,1-3H3/t24-,25-,26-,30-/m1/s1. The molecule has 8 heteroatoms. The van der Waals surface area contributed by atoms with Crippen LogP contribution in [-0.2, 0) is 25.5 Å². The second-order valence-corrected chi connectivity index (χ2v) is 11.8. The van der Waals surface area contributed by atoms with E-state index in [2.05, 4.69) is 11.4 Å². The van der Waals surface area contributed by atoms with Crippen molar-refractivity contribution in [2.45, 2.75) is 67.2 Å². The first kappa shape index (κ1) is 26.8. The van der Waals surface area contributed by atoms with Crippen molar-refractivity contribution in [1.29, 1.82) is 0 Å². The molecule has 3 fully saturated rings. The van der Waals surface area contributed by atoms with E-state index in [0.717, 1.165) is 21.8 Å². The zero-order chi connectivity index (χ0) is 26.9. The number of carbonyl (C=O) groups is 3. The molecular weight excluding hydrogens is 500 g/mol. The zero-order valence-electron chi connectivity index (χ0n) is 22.3. The van der Waals surface area contributed by atoms with Gasteiger partial charge < -0.3 is 9.47 Å². The number of esters is 1. The van der Waals surface area contributed by atoms with Gasteiger partial charge in [-0.05, 0) is 43.0 Å². The van der Waals surface area contributed by atoms with Crippen molar-refractivity contribution >= 4 is 29.5 Å². The Kier molecular flexibility index (Phi) is 7.82. The molecular formula is C30H36N2O5S. The highest BCUT2D eigenvalue weighted by Crippen LogP contribution is 2.51. The van der Waals surface area contributed by atoms with E-state index < -0.39 is 29.4 Å². The highest BCUT2D eigenvalue weighted by molar-refractivity contribution is 8.00. The van der Waals surface area contributed by atoms with Gasteiger partial charge in [0.1, 0.15) is 11.3 Å². The Hall–Kier alpha value is -2.84. The fourth-order valence-electron chi connectivity index (χ4n) is 6.52. The fourth-order valence-corrected chi connectivity index (χ4v) is 7.85. The molecule has 3 aliphatic rings. The van der Waals surface area contributed by atoms with Gasteiger partial charge in [-0.15, -0.1) is 11.8 Å². The summed E-state index contributed by atoms with van der Waals surface area (Å²) in [5.41, 5.74) is 0.338. The molecule has 0 bridgehead atoms. The highest BCUT2D eigenvalue weighted by Gasteiger charge is 2.68. The average Bonchev–Trinajstić information content (AvgIpc) is 3.42. The summed E-state index contributed by atoms with van der Waals surface area (Å²) in [5.74, 6) is -1.94. The lowest BCUT2D eigenvalue weighted by atomic mass is 9.76. The highest BCUT2D eigenvalue weighted by atomic mass is 32.2. The van der Waals surface area contributed by atoms with Crippen LogP contribution < -0.4 is 10.1 Å². The molecule has 2 saturated heterocycles. The Morgan fingerprint density at radius 2 is 1.79 bits per heavy atom. The molecule has 2 aromatic carbocycles. The van der Waals surface area contributed by atoms with Crippen LogP contribution in [0, 0.1) is 11.8 Å². The van der Waals surface area contributed by atoms with Crippen molar-refractivity contribution in [2.24, 2.45) is 11.8 Å². The van der Waals surface area contributed by atoms with Crippen LogP contribution in [-0.4, -0.2) is 54.2 Å². The first-order valence-corrected chi connectivity index (χ1v) is 14.4. The van der Waals surface area contributed by atoms with E-state index in [1.807, 2.05) is 54.2 Å². The summed E-state index contributed by atoms with van der Waals surface area (Å²) in [5, 5.41) is 4.05. The van der Waals surface area contributed by atoms with Gasteiger partial charge in [-0.3, -0.25) is 24.6 Å². The molecule has 0 aromatic heterocycles. The van der Waals surface area contributed by atoms with Gasteiger partial charge in [-0.25, -0.2) is 0 Å². The molecule has 38 heavy (non-hydrogen) atoms. The lowest BCUT2D eigenvalue weighted by Crippen LogP contribution is -2.57. The van der Waals surface area contributed by atoms with Crippen molar-refractivity contribution in [3.8, 4) is 5.75 Å². The summed E-state index contributed by atoms with van der Waals surface area (Å²) in [4.78, 5) is 43.2. The third-order valence-corrected chi connectivity index (χ3v) is 9.73. The lowest BCUT2D eigenvalue weighted by molar-refractivity contribution is -0.154. The summed E-state index contributed by atoms with van der Waals surface area (Å²) in [7, 11) is 2.99. The molecule has 202 valence electrons. The van der Waals surface area contributed by atoms with Crippen LogP contribution in [0.1, 0.15) is 56.2 Å². The number of carbonyl (C=O) groups excluding carboxylic acids is 3. The second-order valence-electron chi connectivity index (χ2n) is 10.5. The molecule has 1 N–H and O–H groups in total. The van der Waals surface area contributed by atoms with Crippen LogP contribution in [0.15, 0.2) is 53.4 Å². The summed E-state index contributed by atoms with van der Waals surface area (Å²) < 4.78 is 11.1. The van der Waals surface area contributed by atoms with E-state index in [9.17, 15) is 14.4 Å². The van der Waals surface area contributed by atoms with Gasteiger partial charge in [0.05, 0.1) is 26.1 Å². The Morgan fingerprint density at radius 3 is 2.45 bits per heavy atom. The van der Waals surface area contributed by atoms with E-state index in [0.29, 0.717) is 5.25 Å². The quantitative estimate of drug-likeness (QED) is 0.392. The number of nitrogens with one attached hydrogen (secondary N) is 1. The molecule has 2 aliphatic heterocycles. The van der Waals surface area contributed by atoms with Crippen molar-refractivity contribution in [3.05, 3.63) is 59.7 Å². The van der Waals surface area contributed by atoms with E-state index in [-0.39, 0.29) is 24.8 Å². The first-order valence-electron chi connectivity index (χ1n) is 13.5. The molecule has 2 amide bonds. The van der Waals surface area contributed by atoms with Gasteiger partial charge in [0, 0.05) is 29.2 Å². The molecule has 5 rings (SSSR count). The third-order valence-electron chi connectivity index (χ3n) is 8.33. The number of likely N-dealkylation sites (tertiary alicyclic amines) is 1. The monoisotopic (exact) mass is 536 g/mol. The number of thioether (sulfide) groups is 1. The Bertz CT molecular complexity index is 1200. The van der Waals surface area contributed by atoms with Crippen LogP contribution in [0.2, 0.25) is 0 Å². The zero-order valence-corrected chi connectivity index (χ0v) is 23.1. The smallest absolute Gasteiger partial charge is 0.327 e. The summed E-state index contributed by atoms with van der Waals surface area (Å²) >= 11 is 1.85. The number of methoxy groups -OCH3 is 2. The number of amides is 2. The summed E-state index contributed by atoms with van der Waals surface area (Å²) in [6, 6.07) is 15.0. The molecule has 1 aliphatic carbocycles. The minimum absolute atomic E-state index is 0.238. The first-order chi connectivity index (χ1) is 18.4. The Labute approximate surface area is 228 Å². The number of hydrogen-bond acceptors (Lipinski definition) is 7. The van der Waals surface area contributed by atoms with Gasteiger partial charge in [0.15, 0.2) is 0 Å². The lowest BCUT2D eigenvalue weighted by Gasteiger charge is -2.32. The predicted molar refractivity (Wildman–Crippen MR) is 146 cm³/mol. The van der Waals surface area contributed by atoms with Crippen LogP contribution in [0.25, 0.3) is 0 Å². The average molecular weight is 537 g/mol. The molecule has 0 spiro atoms. The maximum absolute atomic E-state index is 13.7. The van der Waals surface area contributed by atoms with Crippen LogP contribution in [0.5, 0.6) is 5.75 Å². The predicted octanol–water partition coefficient (Wildman–Crippen LogP) is 4.54.